The van der Waals surface area contributed by atoms with Gasteiger partial charge in [0, 0.05) is 19.8 Å². The first-order valence-electron chi connectivity index (χ1n) is 9.44. The van der Waals surface area contributed by atoms with Crippen molar-refractivity contribution in [2.75, 3.05) is 6.61 Å². The summed E-state index contributed by atoms with van der Waals surface area (Å²) in [6.07, 6.45) is -0.0618. The SMILES string of the molecule is CCOC(=O)c1cc(C#N)n2c(CC3CCC(F)(F)CC3)c(C(C)(F)F)nc2c1. The fraction of sp³-hybridized carbons (Fsp3) is 0.550. The maximum Gasteiger partial charge on any atom is 0.338 e. The highest BCUT2D eigenvalue weighted by Crippen LogP contribution is 2.39. The molecule has 2 aromatic rings. The Morgan fingerprint density at radius 1 is 1.38 bits per heavy atom. The molecule has 0 radical (unpaired) electrons. The number of ether oxygens (including phenoxy) is 1. The van der Waals surface area contributed by atoms with Crippen LogP contribution in [0.5, 0.6) is 0 Å². The Bertz CT molecular complexity index is 963. The Morgan fingerprint density at radius 2 is 2.03 bits per heavy atom. The number of carbonyl (C=O) groups is 1. The molecule has 0 atom stereocenters. The number of carbonyl (C=O) groups excluding carboxylic acids is 1. The van der Waals surface area contributed by atoms with Gasteiger partial charge in [-0.3, -0.25) is 4.40 Å². The number of rotatable bonds is 5. The molecule has 2 heterocycles. The molecule has 0 aliphatic heterocycles. The van der Waals surface area contributed by atoms with E-state index in [4.69, 9.17) is 4.74 Å². The monoisotopic (exact) mass is 411 g/mol. The van der Waals surface area contributed by atoms with Gasteiger partial charge in [0.2, 0.25) is 5.92 Å². The van der Waals surface area contributed by atoms with Crippen LogP contribution < -0.4 is 0 Å². The van der Waals surface area contributed by atoms with Gasteiger partial charge in [-0.2, -0.15) is 14.0 Å². The number of hydrogen-bond donors (Lipinski definition) is 0. The quantitative estimate of drug-likeness (QED) is 0.520. The summed E-state index contributed by atoms with van der Waals surface area (Å²) in [5.74, 6) is -6.92. The number of imidazole rings is 1. The average molecular weight is 411 g/mol. The standard InChI is InChI=1S/C20H21F4N3O2/c1-3-29-18(28)13-9-14(11-25)27-15(8-12-4-6-20(23,24)7-5-12)17(19(2,21)22)26-16(27)10-13/h9-10,12H,3-8H2,1-2H3. The number of nitrogens with zero attached hydrogens (tertiary/aromatic N) is 3. The van der Waals surface area contributed by atoms with Crippen LogP contribution in [0.4, 0.5) is 17.6 Å². The van der Waals surface area contributed by atoms with E-state index in [2.05, 4.69) is 4.98 Å². The van der Waals surface area contributed by atoms with Gasteiger partial charge < -0.3 is 4.74 Å². The van der Waals surface area contributed by atoms with E-state index in [1.54, 1.807) is 6.92 Å². The minimum Gasteiger partial charge on any atom is -0.462 e. The number of alkyl halides is 4. The number of nitriles is 1. The van der Waals surface area contributed by atoms with Crippen LogP contribution >= 0.6 is 0 Å². The molecule has 0 unspecified atom stereocenters. The van der Waals surface area contributed by atoms with E-state index in [1.807, 2.05) is 6.07 Å². The molecule has 0 amide bonds. The molecule has 2 aromatic heterocycles. The van der Waals surface area contributed by atoms with Crippen LogP contribution in [0.3, 0.4) is 0 Å². The molecule has 0 N–H and O–H groups in total. The lowest BCUT2D eigenvalue weighted by molar-refractivity contribution is -0.0460. The Kier molecular flexibility index (Phi) is 5.57. The lowest BCUT2D eigenvalue weighted by atomic mass is 9.83. The zero-order chi connectivity index (χ0) is 21.4. The molecular formula is C20H21F4N3O2. The lowest BCUT2D eigenvalue weighted by Crippen LogP contribution is -2.26. The smallest absolute Gasteiger partial charge is 0.338 e. The van der Waals surface area contributed by atoms with Crippen molar-refractivity contribution in [1.82, 2.24) is 9.38 Å². The maximum atomic E-state index is 14.3. The van der Waals surface area contributed by atoms with E-state index >= 15 is 0 Å². The molecule has 1 aliphatic rings. The summed E-state index contributed by atoms with van der Waals surface area (Å²) in [6, 6.07) is 4.48. The van der Waals surface area contributed by atoms with Crippen molar-refractivity contribution in [3.63, 3.8) is 0 Å². The van der Waals surface area contributed by atoms with Crippen molar-refractivity contribution in [1.29, 1.82) is 5.26 Å². The van der Waals surface area contributed by atoms with Crippen LogP contribution in [0, 0.1) is 17.2 Å². The summed E-state index contributed by atoms with van der Waals surface area (Å²) in [4.78, 5) is 16.0. The number of esters is 1. The number of halogens is 4. The Labute approximate surface area is 165 Å². The molecule has 0 aromatic carbocycles. The third kappa shape index (κ3) is 4.36. The molecule has 1 fully saturated rings. The summed E-state index contributed by atoms with van der Waals surface area (Å²) in [6.45, 7) is 2.44. The zero-order valence-corrected chi connectivity index (χ0v) is 16.1. The highest BCUT2D eigenvalue weighted by Gasteiger charge is 2.38. The fourth-order valence-electron chi connectivity index (χ4n) is 3.76. The van der Waals surface area contributed by atoms with Crippen LogP contribution in [-0.2, 0) is 17.1 Å². The predicted molar refractivity (Wildman–Crippen MR) is 96.0 cm³/mol. The number of pyridine rings is 1. The second kappa shape index (κ2) is 7.65. The first-order chi connectivity index (χ1) is 13.6. The summed E-state index contributed by atoms with van der Waals surface area (Å²) in [5, 5.41) is 9.55. The molecule has 0 bridgehead atoms. The van der Waals surface area contributed by atoms with Gasteiger partial charge in [-0.05, 0) is 44.2 Å². The summed E-state index contributed by atoms with van der Waals surface area (Å²) < 4.78 is 61.7. The van der Waals surface area contributed by atoms with E-state index in [0.717, 1.165) is 0 Å². The maximum absolute atomic E-state index is 14.3. The van der Waals surface area contributed by atoms with Crippen molar-refractivity contribution in [3.8, 4) is 6.07 Å². The second-order valence-corrected chi connectivity index (χ2v) is 7.45. The molecule has 3 rings (SSSR count). The first-order valence-corrected chi connectivity index (χ1v) is 9.44. The van der Waals surface area contributed by atoms with Gasteiger partial charge in [-0.1, -0.05) is 0 Å². The van der Waals surface area contributed by atoms with Crippen molar-refractivity contribution in [3.05, 3.63) is 34.8 Å². The third-order valence-electron chi connectivity index (χ3n) is 5.18. The molecule has 29 heavy (non-hydrogen) atoms. The minimum atomic E-state index is -3.29. The molecule has 1 saturated carbocycles. The largest absolute Gasteiger partial charge is 0.462 e. The van der Waals surface area contributed by atoms with Gasteiger partial charge >= 0.3 is 5.97 Å². The molecule has 1 aliphatic carbocycles. The van der Waals surface area contributed by atoms with Crippen molar-refractivity contribution in [2.24, 2.45) is 5.92 Å². The number of hydrogen-bond acceptors (Lipinski definition) is 4. The van der Waals surface area contributed by atoms with Gasteiger partial charge in [-0.25, -0.2) is 18.6 Å². The van der Waals surface area contributed by atoms with E-state index in [0.29, 0.717) is 6.92 Å². The van der Waals surface area contributed by atoms with Crippen LogP contribution in [0.15, 0.2) is 12.1 Å². The number of fused-ring (bicyclic) bond motifs is 1. The minimum absolute atomic E-state index is 0.0276. The molecule has 156 valence electrons. The molecule has 9 heteroatoms. The van der Waals surface area contributed by atoms with Crippen molar-refractivity contribution >= 4 is 11.6 Å². The highest BCUT2D eigenvalue weighted by atomic mass is 19.3. The third-order valence-corrected chi connectivity index (χ3v) is 5.18. The summed E-state index contributed by atoms with van der Waals surface area (Å²) in [7, 11) is 0. The normalized spacial score (nSPS) is 17.3. The van der Waals surface area contributed by atoms with Crippen LogP contribution in [0.25, 0.3) is 5.65 Å². The average Bonchev–Trinajstić information content (AvgIpc) is 3.02. The molecule has 0 saturated heterocycles. The first kappa shape index (κ1) is 21.1. The van der Waals surface area contributed by atoms with Gasteiger partial charge in [0.25, 0.3) is 5.92 Å². The Morgan fingerprint density at radius 3 is 2.59 bits per heavy atom. The topological polar surface area (TPSA) is 67.4 Å². The lowest BCUT2D eigenvalue weighted by Gasteiger charge is -2.28. The molecular weight excluding hydrogens is 390 g/mol. The van der Waals surface area contributed by atoms with E-state index < -0.39 is 23.5 Å². The zero-order valence-electron chi connectivity index (χ0n) is 16.1. The molecule has 0 spiro atoms. The van der Waals surface area contributed by atoms with Gasteiger partial charge in [0.1, 0.15) is 23.1 Å². The van der Waals surface area contributed by atoms with Crippen LogP contribution in [0.1, 0.15) is 67.0 Å². The van der Waals surface area contributed by atoms with E-state index in [1.165, 1.54) is 16.5 Å². The van der Waals surface area contributed by atoms with E-state index in [-0.39, 0.29) is 67.2 Å². The number of aromatic nitrogens is 2. The summed E-state index contributed by atoms with van der Waals surface area (Å²) >= 11 is 0. The van der Waals surface area contributed by atoms with Gasteiger partial charge in [0.15, 0.2) is 0 Å². The van der Waals surface area contributed by atoms with Gasteiger partial charge in [-0.15, -0.1) is 0 Å². The Hall–Kier alpha value is -2.63. The van der Waals surface area contributed by atoms with Crippen molar-refractivity contribution < 1.29 is 27.1 Å². The highest BCUT2D eigenvalue weighted by molar-refractivity contribution is 5.91. The van der Waals surface area contributed by atoms with Gasteiger partial charge in [0.05, 0.1) is 17.9 Å². The fourth-order valence-corrected chi connectivity index (χ4v) is 3.76. The predicted octanol–water partition coefficient (Wildman–Crippen LogP) is 4.86. The van der Waals surface area contributed by atoms with Crippen molar-refractivity contribution in [2.45, 2.75) is 57.8 Å². The Balaban J connectivity index is 2.09. The van der Waals surface area contributed by atoms with Crippen LogP contribution in [0.2, 0.25) is 0 Å². The summed E-state index contributed by atoms with van der Waals surface area (Å²) in [5.41, 5.74) is -0.359. The molecule has 5 nitrogen and oxygen atoms in total. The second-order valence-electron chi connectivity index (χ2n) is 7.45. The van der Waals surface area contributed by atoms with E-state index in [9.17, 15) is 27.6 Å². The van der Waals surface area contributed by atoms with Crippen LogP contribution in [-0.4, -0.2) is 27.9 Å².